The van der Waals surface area contributed by atoms with Crippen LogP contribution in [0, 0.1) is 0 Å². The second-order valence-corrected chi connectivity index (χ2v) is 14.7. The second-order valence-electron chi connectivity index (χ2n) is 13.6. The van der Waals surface area contributed by atoms with Gasteiger partial charge in [-0.25, -0.2) is 0 Å². The van der Waals surface area contributed by atoms with Crippen molar-refractivity contribution >= 4 is 99.3 Å². The van der Waals surface area contributed by atoms with E-state index in [2.05, 4.69) is 138 Å². The maximum absolute atomic E-state index is 6.93. The largest absolute Gasteiger partial charge is 0.454 e. The Bertz CT molecular complexity index is 2870. The highest BCUT2D eigenvalue weighted by molar-refractivity contribution is 7.26. The first kappa shape index (κ1) is 24.0. The van der Waals surface area contributed by atoms with Gasteiger partial charge in [-0.3, -0.25) is 0 Å². The Morgan fingerprint density at radius 2 is 1.43 bits per heavy atom. The summed E-state index contributed by atoms with van der Waals surface area (Å²) in [5, 5.41) is 6.40. The number of fused-ring (bicyclic) bond motifs is 15. The van der Waals surface area contributed by atoms with Gasteiger partial charge < -0.3 is 13.8 Å². The number of hydrogen-bond donors (Lipinski definition) is 0. The van der Waals surface area contributed by atoms with Crippen LogP contribution < -0.4 is 15.8 Å². The molecule has 0 saturated heterocycles. The van der Waals surface area contributed by atoms with E-state index in [4.69, 9.17) is 4.42 Å². The highest BCUT2D eigenvalue weighted by Gasteiger charge is 2.49. The van der Waals surface area contributed by atoms with Crippen LogP contribution in [0.4, 0.5) is 17.1 Å². The Kier molecular flexibility index (Phi) is 4.05. The van der Waals surface area contributed by atoms with Crippen molar-refractivity contribution in [3.05, 3.63) is 126 Å². The summed E-state index contributed by atoms with van der Waals surface area (Å²) in [6, 6.07) is 42.8. The van der Waals surface area contributed by atoms with Crippen molar-refractivity contribution in [2.24, 2.45) is 0 Å². The summed E-state index contributed by atoms with van der Waals surface area (Å²) in [4.78, 5) is 3.90. The molecule has 5 heteroatoms. The molecule has 0 atom stereocenters. The first-order chi connectivity index (χ1) is 22.6. The summed E-state index contributed by atoms with van der Waals surface area (Å²) >= 11 is 1.93. The molecule has 9 aromatic rings. The topological polar surface area (TPSA) is 21.3 Å². The molecule has 0 unspecified atom stereocenters. The van der Waals surface area contributed by atoms with Crippen LogP contribution in [0.5, 0.6) is 0 Å². The van der Waals surface area contributed by atoms with Gasteiger partial charge in [0.25, 0.3) is 0 Å². The first-order valence-corrected chi connectivity index (χ1v) is 16.9. The Hall–Kier alpha value is -5.26. The molecule has 0 amide bonds. The average molecular weight is 605 g/mol. The van der Waals surface area contributed by atoms with Crippen LogP contribution in [-0.4, -0.2) is 11.3 Å². The molecule has 3 aromatic heterocycles. The minimum atomic E-state index is -0.161. The SMILES string of the molecule is CC1(C)c2ccccc2N2c3c(cccc31)B1c3c(cc4c(oc5ccccc54)c32)-c2cccc3c4c5ccccc5sc4n1c23. The normalized spacial score (nSPS) is 15.3. The third kappa shape index (κ3) is 2.53. The van der Waals surface area contributed by atoms with E-state index in [1.165, 1.54) is 86.8 Å². The van der Waals surface area contributed by atoms with E-state index in [0.717, 1.165) is 16.6 Å². The lowest BCUT2D eigenvalue weighted by molar-refractivity contribution is 0.631. The summed E-state index contributed by atoms with van der Waals surface area (Å²) in [7, 11) is 0. The van der Waals surface area contributed by atoms with Crippen LogP contribution in [0.3, 0.4) is 0 Å². The molecule has 3 nitrogen and oxygen atoms in total. The number of aromatic nitrogens is 1. The van der Waals surface area contributed by atoms with E-state index in [9.17, 15) is 0 Å². The molecular formula is C41H25BN2OS. The van der Waals surface area contributed by atoms with Gasteiger partial charge in [-0.15, -0.1) is 11.3 Å². The van der Waals surface area contributed by atoms with Gasteiger partial charge in [-0.05, 0) is 51.9 Å². The Labute approximate surface area is 269 Å². The number of nitrogens with zero attached hydrogens (tertiary/aromatic N) is 2. The molecular weight excluding hydrogens is 579 g/mol. The maximum Gasteiger partial charge on any atom is 0.333 e. The fourth-order valence-electron chi connectivity index (χ4n) is 9.27. The zero-order valence-electron chi connectivity index (χ0n) is 25.3. The number of anilines is 3. The summed E-state index contributed by atoms with van der Waals surface area (Å²) in [6.07, 6.45) is 0. The Morgan fingerprint density at radius 1 is 0.674 bits per heavy atom. The van der Waals surface area contributed by atoms with E-state index in [-0.39, 0.29) is 12.3 Å². The molecule has 12 rings (SSSR count). The molecule has 6 aromatic carbocycles. The lowest BCUT2D eigenvalue weighted by atomic mass is 9.44. The van der Waals surface area contributed by atoms with Crippen LogP contribution in [-0.2, 0) is 5.41 Å². The molecule has 0 fully saturated rings. The van der Waals surface area contributed by atoms with E-state index in [0.29, 0.717) is 0 Å². The number of furan rings is 1. The lowest BCUT2D eigenvalue weighted by Gasteiger charge is -2.47. The van der Waals surface area contributed by atoms with Gasteiger partial charge in [0.2, 0.25) is 0 Å². The van der Waals surface area contributed by atoms with Crippen molar-refractivity contribution in [2.45, 2.75) is 19.3 Å². The highest BCUT2D eigenvalue weighted by atomic mass is 32.1. The number of para-hydroxylation sites is 4. The molecule has 0 saturated carbocycles. The van der Waals surface area contributed by atoms with Gasteiger partial charge in [-0.1, -0.05) is 105 Å². The predicted molar refractivity (Wildman–Crippen MR) is 195 cm³/mol. The van der Waals surface area contributed by atoms with E-state index in [1.807, 2.05) is 11.3 Å². The molecule has 0 spiro atoms. The Morgan fingerprint density at radius 3 is 2.37 bits per heavy atom. The van der Waals surface area contributed by atoms with Crippen LogP contribution in [0.15, 0.2) is 120 Å². The van der Waals surface area contributed by atoms with E-state index in [1.54, 1.807) is 0 Å². The lowest BCUT2D eigenvalue weighted by Crippen LogP contribution is -2.58. The summed E-state index contributed by atoms with van der Waals surface area (Å²) in [5.74, 6) is 0. The van der Waals surface area contributed by atoms with Crippen molar-refractivity contribution in [1.82, 2.24) is 4.48 Å². The fraction of sp³-hybridized carbons (Fsp3) is 0.0732. The standard InChI is InChI=1S/C41H25BN2OS/c1-41(2)28-15-5-6-18-31(28)43-37-29(41)16-10-17-30(37)42-35-26(21-27-22-11-3-7-19-32(22)45-39(27)38(35)43)23-13-9-14-25-34-24-12-4-8-20-33(24)46-40(34)44(42)36(23)25/h3-21H,1-2H3. The number of benzene rings is 6. The first-order valence-electron chi connectivity index (χ1n) is 16.1. The van der Waals surface area contributed by atoms with E-state index < -0.39 is 0 Å². The van der Waals surface area contributed by atoms with Gasteiger partial charge in [0.1, 0.15) is 5.58 Å². The van der Waals surface area contributed by atoms with Crippen LogP contribution in [0.1, 0.15) is 25.0 Å². The summed E-state index contributed by atoms with van der Waals surface area (Å²) < 4.78 is 11.0. The van der Waals surface area contributed by atoms with Crippen LogP contribution in [0.2, 0.25) is 0 Å². The summed E-state index contributed by atoms with van der Waals surface area (Å²) in [5.41, 5.74) is 14.8. The average Bonchev–Trinajstić information content (AvgIpc) is 3.75. The second kappa shape index (κ2) is 7.75. The van der Waals surface area contributed by atoms with Crippen molar-refractivity contribution in [2.75, 3.05) is 4.90 Å². The fourth-order valence-corrected chi connectivity index (χ4v) is 10.5. The number of hydrogen-bond acceptors (Lipinski definition) is 3. The molecule has 0 radical (unpaired) electrons. The number of thiophene rings is 1. The smallest absolute Gasteiger partial charge is 0.333 e. The Balaban J connectivity index is 1.36. The summed E-state index contributed by atoms with van der Waals surface area (Å²) in [6.45, 7) is 4.78. The van der Waals surface area contributed by atoms with Crippen LogP contribution in [0.25, 0.3) is 64.3 Å². The molecule has 6 heterocycles. The quantitative estimate of drug-likeness (QED) is 0.161. The van der Waals surface area contributed by atoms with Crippen LogP contribution >= 0.6 is 11.3 Å². The van der Waals surface area contributed by atoms with Gasteiger partial charge in [-0.2, -0.15) is 0 Å². The molecule has 0 N–H and O–H groups in total. The van der Waals surface area contributed by atoms with E-state index >= 15 is 0 Å². The van der Waals surface area contributed by atoms with Crippen molar-refractivity contribution in [1.29, 1.82) is 0 Å². The van der Waals surface area contributed by atoms with Crippen molar-refractivity contribution in [3.63, 3.8) is 0 Å². The molecule has 0 bridgehead atoms. The highest BCUT2D eigenvalue weighted by Crippen LogP contribution is 2.56. The number of rotatable bonds is 0. The zero-order chi connectivity index (χ0) is 30.1. The monoisotopic (exact) mass is 604 g/mol. The molecule has 3 aliphatic rings. The third-order valence-corrected chi connectivity index (χ3v) is 12.3. The molecule has 214 valence electrons. The minimum absolute atomic E-state index is 0.0119. The molecule has 0 aliphatic carbocycles. The predicted octanol–water partition coefficient (Wildman–Crippen LogP) is 9.97. The maximum atomic E-state index is 6.93. The zero-order valence-corrected chi connectivity index (χ0v) is 26.1. The van der Waals surface area contributed by atoms with Crippen molar-refractivity contribution in [3.8, 4) is 11.1 Å². The van der Waals surface area contributed by atoms with Gasteiger partial charge >= 0.3 is 6.85 Å². The third-order valence-electron chi connectivity index (χ3n) is 11.1. The van der Waals surface area contributed by atoms with Gasteiger partial charge in [0.05, 0.1) is 16.2 Å². The molecule has 3 aliphatic heterocycles. The van der Waals surface area contributed by atoms with Gasteiger partial charge in [0, 0.05) is 53.8 Å². The molecule has 46 heavy (non-hydrogen) atoms. The van der Waals surface area contributed by atoms with Crippen molar-refractivity contribution < 1.29 is 4.42 Å². The van der Waals surface area contributed by atoms with Gasteiger partial charge in [0.15, 0.2) is 5.58 Å². The minimum Gasteiger partial charge on any atom is -0.454 e.